The largest absolute Gasteiger partial charge is 0.444 e. The molecule has 3 rings (SSSR count). The number of halogens is 1. The lowest BCUT2D eigenvalue weighted by Crippen LogP contribution is -2.54. The Labute approximate surface area is 152 Å². The monoisotopic (exact) mass is 395 g/mol. The molecule has 3 heterocycles. The first-order valence-electron chi connectivity index (χ1n) is 8.59. The second kappa shape index (κ2) is 7.00. The summed E-state index contributed by atoms with van der Waals surface area (Å²) in [5, 5.41) is 0. The predicted octanol–water partition coefficient (Wildman–Crippen LogP) is 3.53. The minimum atomic E-state index is -0.426. The van der Waals surface area contributed by atoms with Gasteiger partial charge in [0, 0.05) is 38.9 Å². The number of carbonyl (C=O) groups is 1. The van der Waals surface area contributed by atoms with E-state index in [-0.39, 0.29) is 6.09 Å². The number of ether oxygens (including phenoxy) is 1. The minimum absolute atomic E-state index is 0.164. The van der Waals surface area contributed by atoms with Crippen molar-refractivity contribution in [3.05, 3.63) is 28.5 Å². The maximum Gasteiger partial charge on any atom is 0.410 e. The molecule has 24 heavy (non-hydrogen) atoms. The molecular weight excluding hydrogens is 370 g/mol. The van der Waals surface area contributed by atoms with Crippen molar-refractivity contribution in [1.82, 2.24) is 14.8 Å². The van der Waals surface area contributed by atoms with Gasteiger partial charge < -0.3 is 9.64 Å². The number of nitrogens with zero attached hydrogens (tertiary/aromatic N) is 3. The van der Waals surface area contributed by atoms with Gasteiger partial charge >= 0.3 is 6.09 Å². The zero-order valence-electron chi connectivity index (χ0n) is 14.7. The molecule has 2 aliphatic rings. The molecule has 2 bridgehead atoms. The van der Waals surface area contributed by atoms with Crippen molar-refractivity contribution in [2.24, 2.45) is 11.8 Å². The number of likely N-dealkylation sites (tertiary alicyclic amines) is 2. The van der Waals surface area contributed by atoms with E-state index in [1.165, 1.54) is 12.0 Å². The van der Waals surface area contributed by atoms with Crippen molar-refractivity contribution in [3.8, 4) is 0 Å². The first kappa shape index (κ1) is 17.7. The van der Waals surface area contributed by atoms with E-state index < -0.39 is 5.60 Å². The number of fused-ring (bicyclic) bond motifs is 2. The fourth-order valence-electron chi connectivity index (χ4n) is 3.75. The second-order valence-electron chi connectivity index (χ2n) is 8.04. The number of hydrogen-bond acceptors (Lipinski definition) is 4. The number of amides is 1. The van der Waals surface area contributed by atoms with E-state index in [2.05, 4.69) is 31.9 Å². The molecule has 0 N–H and O–H groups in total. The average molecular weight is 396 g/mol. The lowest BCUT2D eigenvalue weighted by molar-refractivity contribution is -0.0108. The van der Waals surface area contributed by atoms with Crippen LogP contribution in [0.1, 0.15) is 32.8 Å². The van der Waals surface area contributed by atoms with Crippen molar-refractivity contribution in [3.63, 3.8) is 0 Å². The summed E-state index contributed by atoms with van der Waals surface area (Å²) in [6.07, 6.45) is 2.98. The highest BCUT2D eigenvalue weighted by Gasteiger charge is 2.37. The second-order valence-corrected chi connectivity index (χ2v) is 8.85. The van der Waals surface area contributed by atoms with Crippen LogP contribution in [0.2, 0.25) is 0 Å². The van der Waals surface area contributed by atoms with Crippen molar-refractivity contribution >= 4 is 22.0 Å². The molecule has 0 aliphatic carbocycles. The van der Waals surface area contributed by atoms with Gasteiger partial charge in [0.05, 0.1) is 0 Å². The maximum atomic E-state index is 12.3. The molecule has 2 aliphatic heterocycles. The quantitative estimate of drug-likeness (QED) is 0.718. The first-order valence-corrected chi connectivity index (χ1v) is 9.38. The fraction of sp³-hybridized carbons (Fsp3) is 0.667. The number of aromatic nitrogens is 1. The highest BCUT2D eigenvalue weighted by Crippen LogP contribution is 2.30. The van der Waals surface area contributed by atoms with Crippen LogP contribution in [-0.4, -0.2) is 52.7 Å². The Morgan fingerprint density at radius 3 is 2.46 bits per heavy atom. The SMILES string of the molecule is CC(C)(C)OC(=O)N1CC2CC(CN(Cc3ccc(Br)nc3)C2)C1. The van der Waals surface area contributed by atoms with Crippen LogP contribution in [0.4, 0.5) is 4.79 Å². The van der Waals surface area contributed by atoms with Gasteiger partial charge in [-0.05, 0) is 66.6 Å². The van der Waals surface area contributed by atoms with Crippen molar-refractivity contribution in [2.75, 3.05) is 26.2 Å². The molecule has 2 atom stereocenters. The molecule has 132 valence electrons. The van der Waals surface area contributed by atoms with Crippen molar-refractivity contribution in [2.45, 2.75) is 39.3 Å². The number of piperidine rings is 2. The predicted molar refractivity (Wildman–Crippen MR) is 96.6 cm³/mol. The van der Waals surface area contributed by atoms with E-state index in [0.717, 1.165) is 37.3 Å². The summed E-state index contributed by atoms with van der Waals surface area (Å²) >= 11 is 3.38. The van der Waals surface area contributed by atoms with E-state index in [9.17, 15) is 4.79 Å². The van der Waals surface area contributed by atoms with E-state index >= 15 is 0 Å². The summed E-state index contributed by atoms with van der Waals surface area (Å²) < 4.78 is 6.41. The van der Waals surface area contributed by atoms with Gasteiger partial charge in [0.1, 0.15) is 10.2 Å². The summed E-state index contributed by atoms with van der Waals surface area (Å²) in [5.74, 6) is 1.07. The van der Waals surface area contributed by atoms with Crippen LogP contribution in [0, 0.1) is 11.8 Å². The zero-order chi connectivity index (χ0) is 17.3. The first-order chi connectivity index (χ1) is 11.3. The highest BCUT2D eigenvalue weighted by molar-refractivity contribution is 9.10. The Hall–Kier alpha value is -1.14. The lowest BCUT2D eigenvalue weighted by Gasteiger charge is -2.45. The zero-order valence-corrected chi connectivity index (χ0v) is 16.3. The van der Waals surface area contributed by atoms with E-state index in [4.69, 9.17) is 4.74 Å². The minimum Gasteiger partial charge on any atom is -0.444 e. The Morgan fingerprint density at radius 2 is 1.92 bits per heavy atom. The summed E-state index contributed by atoms with van der Waals surface area (Å²) in [5.41, 5.74) is 0.812. The molecule has 1 aromatic rings. The third-order valence-corrected chi connectivity index (χ3v) is 4.97. The molecule has 2 unspecified atom stereocenters. The van der Waals surface area contributed by atoms with Crippen LogP contribution < -0.4 is 0 Å². The van der Waals surface area contributed by atoms with Crippen LogP contribution in [0.15, 0.2) is 22.9 Å². The molecule has 0 radical (unpaired) electrons. The standard InChI is InChI=1S/C18H26BrN3O2/c1-18(2,3)24-17(23)22-11-14-6-15(12-22)10-21(9-14)8-13-4-5-16(19)20-7-13/h4-5,7,14-15H,6,8-12H2,1-3H3. The smallest absolute Gasteiger partial charge is 0.410 e. The maximum absolute atomic E-state index is 12.3. The number of carbonyl (C=O) groups excluding carboxylic acids is 1. The van der Waals surface area contributed by atoms with Gasteiger partial charge in [-0.1, -0.05) is 6.07 Å². The van der Waals surface area contributed by atoms with Crippen LogP contribution in [-0.2, 0) is 11.3 Å². The van der Waals surface area contributed by atoms with Gasteiger partial charge in [0.2, 0.25) is 0 Å². The van der Waals surface area contributed by atoms with Gasteiger partial charge in [-0.15, -0.1) is 0 Å². The number of pyridine rings is 1. The number of hydrogen-bond donors (Lipinski definition) is 0. The molecule has 1 amide bonds. The molecule has 1 aromatic heterocycles. The van der Waals surface area contributed by atoms with Crippen LogP contribution in [0.25, 0.3) is 0 Å². The third-order valence-electron chi connectivity index (χ3n) is 4.50. The van der Waals surface area contributed by atoms with Gasteiger partial charge in [0.25, 0.3) is 0 Å². The van der Waals surface area contributed by atoms with Crippen LogP contribution >= 0.6 is 15.9 Å². The average Bonchev–Trinajstić information content (AvgIpc) is 2.47. The molecule has 5 nitrogen and oxygen atoms in total. The topological polar surface area (TPSA) is 45.7 Å². The summed E-state index contributed by atoms with van der Waals surface area (Å²) in [7, 11) is 0. The fourth-order valence-corrected chi connectivity index (χ4v) is 3.99. The van der Waals surface area contributed by atoms with Crippen molar-refractivity contribution < 1.29 is 9.53 Å². The van der Waals surface area contributed by atoms with E-state index in [1.807, 2.05) is 37.9 Å². The summed E-state index contributed by atoms with van der Waals surface area (Å²) in [6.45, 7) is 10.4. The van der Waals surface area contributed by atoms with Gasteiger partial charge in [-0.3, -0.25) is 4.90 Å². The lowest BCUT2D eigenvalue weighted by atomic mass is 9.84. The van der Waals surface area contributed by atoms with Gasteiger partial charge in [-0.2, -0.15) is 0 Å². The Balaban J connectivity index is 1.57. The molecule has 2 fully saturated rings. The Kier molecular flexibility index (Phi) is 5.16. The highest BCUT2D eigenvalue weighted by atomic mass is 79.9. The molecule has 6 heteroatoms. The van der Waals surface area contributed by atoms with Crippen LogP contribution in [0.5, 0.6) is 0 Å². The van der Waals surface area contributed by atoms with Crippen LogP contribution in [0.3, 0.4) is 0 Å². The molecule has 0 aromatic carbocycles. The van der Waals surface area contributed by atoms with E-state index in [0.29, 0.717) is 11.8 Å². The summed E-state index contributed by atoms with van der Waals surface area (Å²) in [6, 6.07) is 4.11. The third kappa shape index (κ3) is 4.70. The van der Waals surface area contributed by atoms with Crippen molar-refractivity contribution in [1.29, 1.82) is 0 Å². The van der Waals surface area contributed by atoms with Gasteiger partial charge in [0.15, 0.2) is 0 Å². The van der Waals surface area contributed by atoms with Gasteiger partial charge in [-0.25, -0.2) is 9.78 Å². The normalized spacial score (nSPS) is 24.8. The Bertz CT molecular complexity index is 571. The van der Waals surface area contributed by atoms with E-state index in [1.54, 1.807) is 0 Å². The number of rotatable bonds is 2. The molecular formula is C18H26BrN3O2. The molecule has 0 saturated carbocycles. The molecule has 0 spiro atoms. The summed E-state index contributed by atoms with van der Waals surface area (Å²) in [4.78, 5) is 21.0. The Morgan fingerprint density at radius 1 is 1.25 bits per heavy atom. The molecule has 2 saturated heterocycles.